The third-order valence-electron chi connectivity index (χ3n) is 4.51. The number of ether oxygens (including phenoxy) is 1. The van der Waals surface area contributed by atoms with Gasteiger partial charge in [-0.1, -0.05) is 54.1 Å². The fourth-order valence-corrected chi connectivity index (χ4v) is 3.35. The van der Waals surface area contributed by atoms with E-state index in [-0.39, 0.29) is 5.91 Å². The van der Waals surface area contributed by atoms with Crippen LogP contribution in [0.1, 0.15) is 15.9 Å². The molecule has 0 fully saturated rings. The molecule has 4 rings (SSSR count). The number of fused-ring (bicyclic) bond motifs is 1. The number of rotatable bonds is 5. The van der Waals surface area contributed by atoms with Crippen molar-refractivity contribution in [3.8, 4) is 5.75 Å². The molecule has 1 heterocycles. The predicted octanol–water partition coefficient (Wildman–Crippen LogP) is 5.00. The number of aromatic nitrogens is 2. The van der Waals surface area contributed by atoms with Gasteiger partial charge in [0.05, 0.1) is 31.1 Å². The SMILES string of the molecule is COc1ccc(Cl)cc1C(=O)Nc1cnn(Cc2cccc3ccccc23)c1. The van der Waals surface area contributed by atoms with E-state index in [0.717, 1.165) is 5.56 Å². The van der Waals surface area contributed by atoms with Crippen molar-refractivity contribution in [2.24, 2.45) is 0 Å². The highest BCUT2D eigenvalue weighted by molar-refractivity contribution is 6.31. The number of hydrogen-bond donors (Lipinski definition) is 1. The maximum absolute atomic E-state index is 12.6. The van der Waals surface area contributed by atoms with Gasteiger partial charge in [-0.3, -0.25) is 9.48 Å². The Morgan fingerprint density at radius 2 is 1.96 bits per heavy atom. The smallest absolute Gasteiger partial charge is 0.259 e. The van der Waals surface area contributed by atoms with E-state index in [1.165, 1.54) is 17.9 Å². The second kappa shape index (κ2) is 7.74. The second-order valence-electron chi connectivity index (χ2n) is 6.36. The Labute approximate surface area is 167 Å². The van der Waals surface area contributed by atoms with E-state index in [0.29, 0.717) is 28.6 Å². The summed E-state index contributed by atoms with van der Waals surface area (Å²) in [7, 11) is 1.52. The topological polar surface area (TPSA) is 56.1 Å². The van der Waals surface area contributed by atoms with Crippen LogP contribution in [0.2, 0.25) is 5.02 Å². The number of hydrogen-bond acceptors (Lipinski definition) is 3. The van der Waals surface area contributed by atoms with E-state index in [1.807, 2.05) is 18.2 Å². The minimum absolute atomic E-state index is 0.302. The molecule has 1 aromatic heterocycles. The molecule has 5 nitrogen and oxygen atoms in total. The average Bonchev–Trinajstić information content (AvgIpc) is 3.15. The van der Waals surface area contributed by atoms with Crippen LogP contribution >= 0.6 is 11.6 Å². The maximum atomic E-state index is 12.6. The van der Waals surface area contributed by atoms with Gasteiger partial charge in [0.2, 0.25) is 0 Å². The zero-order valence-electron chi connectivity index (χ0n) is 15.2. The molecule has 140 valence electrons. The lowest BCUT2D eigenvalue weighted by atomic mass is 10.0. The Morgan fingerprint density at radius 1 is 1.14 bits per heavy atom. The van der Waals surface area contributed by atoms with Gasteiger partial charge in [-0.05, 0) is 34.5 Å². The van der Waals surface area contributed by atoms with Crippen LogP contribution in [0.5, 0.6) is 5.75 Å². The standard InChI is InChI=1S/C22H18ClN3O2/c1-28-21-10-9-17(23)11-20(21)22(27)25-18-12-24-26(14-18)13-16-7-4-6-15-5-2-3-8-19(15)16/h2-12,14H,13H2,1H3,(H,25,27). The molecule has 28 heavy (non-hydrogen) atoms. The Balaban J connectivity index is 1.53. The first-order valence-electron chi connectivity index (χ1n) is 8.78. The summed E-state index contributed by atoms with van der Waals surface area (Å²) in [5, 5.41) is 10.1. The van der Waals surface area contributed by atoms with Gasteiger partial charge in [0, 0.05) is 11.2 Å². The van der Waals surface area contributed by atoms with Crippen LogP contribution in [-0.4, -0.2) is 22.8 Å². The lowest BCUT2D eigenvalue weighted by Gasteiger charge is -2.08. The molecule has 0 spiro atoms. The first-order valence-corrected chi connectivity index (χ1v) is 9.16. The highest BCUT2D eigenvalue weighted by Crippen LogP contribution is 2.24. The molecule has 6 heteroatoms. The van der Waals surface area contributed by atoms with E-state index in [9.17, 15) is 4.79 Å². The van der Waals surface area contributed by atoms with Gasteiger partial charge in [-0.25, -0.2) is 0 Å². The van der Waals surface area contributed by atoms with Crippen LogP contribution in [0.3, 0.4) is 0 Å². The summed E-state index contributed by atoms with van der Waals surface area (Å²) >= 11 is 6.01. The van der Waals surface area contributed by atoms with Crippen LogP contribution in [0.4, 0.5) is 5.69 Å². The number of methoxy groups -OCH3 is 1. The van der Waals surface area contributed by atoms with Gasteiger partial charge in [0.25, 0.3) is 5.91 Å². The summed E-state index contributed by atoms with van der Waals surface area (Å²) in [6.45, 7) is 0.609. The van der Waals surface area contributed by atoms with Crippen molar-refractivity contribution in [3.05, 3.63) is 89.2 Å². The highest BCUT2D eigenvalue weighted by Gasteiger charge is 2.14. The molecule has 1 N–H and O–H groups in total. The van der Waals surface area contributed by atoms with E-state index in [4.69, 9.17) is 16.3 Å². The van der Waals surface area contributed by atoms with Gasteiger partial charge in [0.1, 0.15) is 5.75 Å². The number of nitrogens with zero attached hydrogens (tertiary/aromatic N) is 2. The zero-order valence-corrected chi connectivity index (χ0v) is 16.0. The predicted molar refractivity (Wildman–Crippen MR) is 111 cm³/mol. The molecule has 0 aliphatic carbocycles. The third-order valence-corrected chi connectivity index (χ3v) is 4.74. The summed E-state index contributed by atoms with van der Waals surface area (Å²) in [5.74, 6) is 0.161. The van der Waals surface area contributed by atoms with Crippen molar-refractivity contribution < 1.29 is 9.53 Å². The molecule has 0 aliphatic heterocycles. The first-order chi connectivity index (χ1) is 13.6. The molecule has 0 unspecified atom stereocenters. The van der Waals surface area contributed by atoms with Crippen molar-refractivity contribution in [3.63, 3.8) is 0 Å². The van der Waals surface area contributed by atoms with Crippen LogP contribution in [0.15, 0.2) is 73.1 Å². The number of carbonyl (C=O) groups excluding carboxylic acids is 1. The summed E-state index contributed by atoms with van der Waals surface area (Å²) in [4.78, 5) is 12.6. The van der Waals surface area contributed by atoms with E-state index in [1.54, 1.807) is 35.3 Å². The van der Waals surface area contributed by atoms with Crippen LogP contribution in [-0.2, 0) is 6.54 Å². The molecule has 1 amide bonds. The molecule has 0 bridgehead atoms. The number of amides is 1. The fourth-order valence-electron chi connectivity index (χ4n) is 3.18. The number of anilines is 1. The molecule has 0 radical (unpaired) electrons. The second-order valence-corrected chi connectivity index (χ2v) is 6.80. The molecule has 0 saturated heterocycles. The average molecular weight is 392 g/mol. The van der Waals surface area contributed by atoms with Gasteiger partial charge >= 0.3 is 0 Å². The van der Waals surface area contributed by atoms with Gasteiger partial charge in [-0.2, -0.15) is 5.10 Å². The van der Waals surface area contributed by atoms with Gasteiger partial charge in [-0.15, -0.1) is 0 Å². The van der Waals surface area contributed by atoms with Crippen molar-refractivity contribution in [1.29, 1.82) is 0 Å². The van der Waals surface area contributed by atoms with Crippen molar-refractivity contribution >= 4 is 34.0 Å². The number of halogens is 1. The summed E-state index contributed by atoms with van der Waals surface area (Å²) in [6, 6.07) is 19.4. The van der Waals surface area contributed by atoms with Crippen molar-refractivity contribution in [2.75, 3.05) is 12.4 Å². The van der Waals surface area contributed by atoms with Crippen LogP contribution in [0.25, 0.3) is 10.8 Å². The number of carbonyl (C=O) groups is 1. The van der Waals surface area contributed by atoms with Crippen LogP contribution in [0, 0.1) is 0 Å². The molecule has 0 aliphatic rings. The van der Waals surface area contributed by atoms with Crippen molar-refractivity contribution in [1.82, 2.24) is 9.78 Å². The summed E-state index contributed by atoms with van der Waals surface area (Å²) in [6.07, 6.45) is 3.43. The Bertz CT molecular complexity index is 1150. The fraction of sp³-hybridized carbons (Fsp3) is 0.0909. The number of benzene rings is 3. The van der Waals surface area contributed by atoms with Gasteiger partial charge in [0.15, 0.2) is 0 Å². The largest absolute Gasteiger partial charge is 0.496 e. The monoisotopic (exact) mass is 391 g/mol. The first kappa shape index (κ1) is 18.1. The summed E-state index contributed by atoms with van der Waals surface area (Å²) in [5.41, 5.74) is 2.14. The molecule has 0 saturated carbocycles. The van der Waals surface area contributed by atoms with Crippen LogP contribution < -0.4 is 10.1 Å². The minimum atomic E-state index is -0.302. The summed E-state index contributed by atoms with van der Waals surface area (Å²) < 4.78 is 7.04. The lowest BCUT2D eigenvalue weighted by molar-refractivity contribution is 0.102. The molecule has 3 aromatic carbocycles. The zero-order chi connectivity index (χ0) is 19.5. The van der Waals surface area contributed by atoms with Gasteiger partial charge < -0.3 is 10.1 Å². The number of nitrogens with one attached hydrogen (secondary N) is 1. The Morgan fingerprint density at radius 3 is 2.82 bits per heavy atom. The maximum Gasteiger partial charge on any atom is 0.259 e. The Kier molecular flexibility index (Phi) is 5.00. The van der Waals surface area contributed by atoms with E-state index >= 15 is 0 Å². The third kappa shape index (κ3) is 3.70. The molecule has 4 aromatic rings. The molecular formula is C22H18ClN3O2. The lowest BCUT2D eigenvalue weighted by Crippen LogP contribution is -2.12. The quantitative estimate of drug-likeness (QED) is 0.521. The normalized spacial score (nSPS) is 10.8. The van der Waals surface area contributed by atoms with Crippen molar-refractivity contribution in [2.45, 2.75) is 6.54 Å². The molecule has 0 atom stereocenters. The van der Waals surface area contributed by atoms with E-state index < -0.39 is 0 Å². The van der Waals surface area contributed by atoms with E-state index in [2.05, 4.69) is 34.7 Å². The molecular weight excluding hydrogens is 374 g/mol. The highest BCUT2D eigenvalue weighted by atomic mass is 35.5. The minimum Gasteiger partial charge on any atom is -0.496 e. The Hall–Kier alpha value is -3.31.